The minimum atomic E-state index is -0.0831. The SMILES string of the molecule is Cc1csc(CCCNC(=O)/C=C/c2ccc(Cl)cc2)n1. The van der Waals surface area contributed by atoms with E-state index >= 15 is 0 Å². The van der Waals surface area contributed by atoms with Gasteiger partial charge in [0.25, 0.3) is 0 Å². The molecule has 0 atom stereocenters. The van der Waals surface area contributed by atoms with Crippen LogP contribution in [0.5, 0.6) is 0 Å². The van der Waals surface area contributed by atoms with Crippen molar-refractivity contribution < 1.29 is 4.79 Å². The number of amides is 1. The highest BCUT2D eigenvalue weighted by Crippen LogP contribution is 2.11. The van der Waals surface area contributed by atoms with Crippen LogP contribution in [0.4, 0.5) is 0 Å². The van der Waals surface area contributed by atoms with Crippen molar-refractivity contribution in [3.8, 4) is 0 Å². The van der Waals surface area contributed by atoms with Crippen molar-refractivity contribution in [1.82, 2.24) is 10.3 Å². The van der Waals surface area contributed by atoms with Crippen molar-refractivity contribution >= 4 is 34.9 Å². The molecule has 0 radical (unpaired) electrons. The first-order valence-corrected chi connectivity index (χ1v) is 8.02. The largest absolute Gasteiger partial charge is 0.353 e. The van der Waals surface area contributed by atoms with Crippen LogP contribution < -0.4 is 5.32 Å². The molecule has 5 heteroatoms. The van der Waals surface area contributed by atoms with Gasteiger partial charge in [-0.25, -0.2) is 4.98 Å². The van der Waals surface area contributed by atoms with E-state index in [-0.39, 0.29) is 5.91 Å². The highest BCUT2D eigenvalue weighted by atomic mass is 35.5. The normalized spacial score (nSPS) is 11.0. The van der Waals surface area contributed by atoms with Crippen LogP contribution in [-0.4, -0.2) is 17.4 Å². The molecule has 0 aliphatic carbocycles. The van der Waals surface area contributed by atoms with Gasteiger partial charge >= 0.3 is 0 Å². The number of carbonyl (C=O) groups is 1. The minimum Gasteiger partial charge on any atom is -0.353 e. The summed E-state index contributed by atoms with van der Waals surface area (Å²) in [7, 11) is 0. The zero-order chi connectivity index (χ0) is 15.1. The Kier molecular flexibility index (Phi) is 5.96. The molecule has 1 aromatic carbocycles. The lowest BCUT2D eigenvalue weighted by Crippen LogP contribution is -2.22. The zero-order valence-electron chi connectivity index (χ0n) is 11.8. The molecule has 110 valence electrons. The van der Waals surface area contributed by atoms with E-state index in [1.54, 1.807) is 29.5 Å². The van der Waals surface area contributed by atoms with Crippen LogP contribution in [0, 0.1) is 6.92 Å². The summed E-state index contributed by atoms with van der Waals surface area (Å²) >= 11 is 7.47. The number of carbonyl (C=O) groups excluding carboxylic acids is 1. The van der Waals surface area contributed by atoms with E-state index in [4.69, 9.17) is 11.6 Å². The maximum Gasteiger partial charge on any atom is 0.243 e. The Labute approximate surface area is 133 Å². The van der Waals surface area contributed by atoms with Crippen molar-refractivity contribution in [1.29, 1.82) is 0 Å². The number of halogens is 1. The molecule has 0 fully saturated rings. The van der Waals surface area contributed by atoms with E-state index in [0.717, 1.165) is 29.1 Å². The average Bonchev–Trinajstić information content (AvgIpc) is 2.89. The standard InChI is InChI=1S/C16H17ClN2OS/c1-12-11-21-16(19-12)3-2-10-18-15(20)9-6-13-4-7-14(17)8-5-13/h4-9,11H,2-3,10H2,1H3,(H,18,20)/b9-6+. The Morgan fingerprint density at radius 2 is 2.14 bits per heavy atom. The molecule has 0 spiro atoms. The van der Waals surface area contributed by atoms with Crippen molar-refractivity contribution in [3.05, 3.63) is 57.0 Å². The van der Waals surface area contributed by atoms with Crippen LogP contribution in [0.15, 0.2) is 35.7 Å². The van der Waals surface area contributed by atoms with Gasteiger partial charge in [0, 0.05) is 35.1 Å². The Hall–Kier alpha value is -1.65. The molecule has 2 aromatic rings. The highest BCUT2D eigenvalue weighted by Gasteiger charge is 1.99. The Bertz CT molecular complexity index is 619. The second-order valence-electron chi connectivity index (χ2n) is 4.66. The van der Waals surface area contributed by atoms with Crippen molar-refractivity contribution in [2.45, 2.75) is 19.8 Å². The molecule has 0 bridgehead atoms. The van der Waals surface area contributed by atoms with Gasteiger partial charge in [-0.15, -0.1) is 11.3 Å². The van der Waals surface area contributed by atoms with Crippen molar-refractivity contribution in [2.24, 2.45) is 0 Å². The minimum absolute atomic E-state index is 0.0831. The fraction of sp³-hybridized carbons (Fsp3) is 0.250. The van der Waals surface area contributed by atoms with Crippen LogP contribution >= 0.6 is 22.9 Å². The molecule has 2 rings (SSSR count). The molecule has 1 N–H and O–H groups in total. The summed E-state index contributed by atoms with van der Waals surface area (Å²) in [6, 6.07) is 7.35. The van der Waals surface area contributed by atoms with Gasteiger partial charge in [0.2, 0.25) is 5.91 Å². The Morgan fingerprint density at radius 3 is 2.81 bits per heavy atom. The van der Waals surface area contributed by atoms with Crippen molar-refractivity contribution in [2.75, 3.05) is 6.54 Å². The second kappa shape index (κ2) is 7.96. The predicted molar refractivity (Wildman–Crippen MR) is 88.7 cm³/mol. The van der Waals surface area contributed by atoms with Crippen LogP contribution in [-0.2, 0) is 11.2 Å². The highest BCUT2D eigenvalue weighted by molar-refractivity contribution is 7.09. The van der Waals surface area contributed by atoms with Crippen LogP contribution in [0.2, 0.25) is 5.02 Å². The Morgan fingerprint density at radius 1 is 1.38 bits per heavy atom. The molecule has 1 heterocycles. The molecule has 0 aliphatic rings. The monoisotopic (exact) mass is 320 g/mol. The summed E-state index contributed by atoms with van der Waals surface area (Å²) < 4.78 is 0. The maximum absolute atomic E-state index is 11.7. The summed E-state index contributed by atoms with van der Waals surface area (Å²) in [5.41, 5.74) is 2.01. The molecule has 1 aromatic heterocycles. The number of thiazole rings is 1. The molecule has 0 saturated heterocycles. The fourth-order valence-corrected chi connectivity index (χ4v) is 2.72. The zero-order valence-corrected chi connectivity index (χ0v) is 13.4. The van der Waals surface area contributed by atoms with Crippen LogP contribution in [0.1, 0.15) is 22.7 Å². The second-order valence-corrected chi connectivity index (χ2v) is 6.04. The summed E-state index contributed by atoms with van der Waals surface area (Å²) in [4.78, 5) is 16.1. The Balaban J connectivity index is 1.68. The lowest BCUT2D eigenvalue weighted by atomic mass is 10.2. The van der Waals surface area contributed by atoms with Crippen molar-refractivity contribution in [3.63, 3.8) is 0 Å². The quantitative estimate of drug-likeness (QED) is 0.648. The molecule has 1 amide bonds. The topological polar surface area (TPSA) is 42.0 Å². The summed E-state index contributed by atoms with van der Waals surface area (Å²) in [6.45, 7) is 2.64. The fourth-order valence-electron chi connectivity index (χ4n) is 1.77. The van der Waals surface area contributed by atoms with Crippen LogP contribution in [0.25, 0.3) is 6.08 Å². The maximum atomic E-state index is 11.7. The number of benzene rings is 1. The van der Waals surface area contributed by atoms with E-state index in [1.807, 2.05) is 24.4 Å². The van der Waals surface area contributed by atoms with Gasteiger partial charge < -0.3 is 5.32 Å². The first-order chi connectivity index (χ1) is 10.1. The first-order valence-electron chi connectivity index (χ1n) is 6.76. The van der Waals surface area contributed by atoms with E-state index in [0.29, 0.717) is 11.6 Å². The van der Waals surface area contributed by atoms with Gasteiger partial charge in [-0.3, -0.25) is 4.79 Å². The van der Waals surface area contributed by atoms with E-state index in [2.05, 4.69) is 10.3 Å². The number of hydrogen-bond donors (Lipinski definition) is 1. The summed E-state index contributed by atoms with van der Waals surface area (Å²) in [6.07, 6.45) is 5.11. The number of nitrogens with zero attached hydrogens (tertiary/aromatic N) is 1. The van der Waals surface area contributed by atoms with E-state index < -0.39 is 0 Å². The average molecular weight is 321 g/mol. The molecular formula is C16H17ClN2OS. The number of rotatable bonds is 6. The molecule has 0 saturated carbocycles. The van der Waals surface area contributed by atoms with Gasteiger partial charge in [0.1, 0.15) is 0 Å². The molecule has 3 nitrogen and oxygen atoms in total. The molecule has 21 heavy (non-hydrogen) atoms. The van der Waals surface area contributed by atoms with Gasteiger partial charge in [0.05, 0.1) is 5.01 Å². The number of hydrogen-bond acceptors (Lipinski definition) is 3. The number of aromatic nitrogens is 1. The molecule has 0 aliphatic heterocycles. The lowest BCUT2D eigenvalue weighted by Gasteiger charge is -2.00. The predicted octanol–water partition coefficient (Wildman–Crippen LogP) is 3.87. The van der Waals surface area contributed by atoms with Gasteiger partial charge in [-0.1, -0.05) is 23.7 Å². The summed E-state index contributed by atoms with van der Waals surface area (Å²) in [5, 5.41) is 6.72. The molecular weight excluding hydrogens is 304 g/mol. The first kappa shape index (κ1) is 15.7. The third-order valence-electron chi connectivity index (χ3n) is 2.83. The van der Waals surface area contributed by atoms with Gasteiger partial charge in [0.15, 0.2) is 0 Å². The lowest BCUT2D eigenvalue weighted by molar-refractivity contribution is -0.116. The van der Waals surface area contributed by atoms with Crippen LogP contribution in [0.3, 0.4) is 0 Å². The van der Waals surface area contributed by atoms with E-state index in [9.17, 15) is 4.79 Å². The van der Waals surface area contributed by atoms with Gasteiger partial charge in [-0.05, 0) is 37.1 Å². The smallest absolute Gasteiger partial charge is 0.243 e. The molecule has 0 unspecified atom stereocenters. The number of aryl methyl sites for hydroxylation is 2. The number of nitrogens with one attached hydrogen (secondary N) is 1. The van der Waals surface area contributed by atoms with Gasteiger partial charge in [-0.2, -0.15) is 0 Å². The third-order valence-corrected chi connectivity index (χ3v) is 4.11. The summed E-state index contributed by atoms with van der Waals surface area (Å²) in [5.74, 6) is -0.0831. The third kappa shape index (κ3) is 5.69. The van der Waals surface area contributed by atoms with E-state index in [1.165, 1.54) is 6.08 Å².